The second-order valence-corrected chi connectivity index (χ2v) is 3.21. The highest BCUT2D eigenvalue weighted by molar-refractivity contribution is 7.11. The van der Waals surface area contributed by atoms with Gasteiger partial charge in [0, 0.05) is 17.6 Å². The Morgan fingerprint density at radius 3 is 3.00 bits per heavy atom. The summed E-state index contributed by atoms with van der Waals surface area (Å²) < 4.78 is 18.0. The standard InChI is InChI=1S/C9H6FNOS/c10-7-2-1-3-8(6-7)12-9-11-4-5-13-9/h1-6H. The molecular weight excluding hydrogens is 189 g/mol. The Labute approximate surface area is 78.6 Å². The maximum atomic E-state index is 12.7. The minimum Gasteiger partial charge on any atom is -0.431 e. The van der Waals surface area contributed by atoms with Crippen LogP contribution in [0.3, 0.4) is 0 Å². The van der Waals surface area contributed by atoms with Crippen molar-refractivity contribution >= 4 is 11.3 Å². The van der Waals surface area contributed by atoms with Crippen LogP contribution >= 0.6 is 11.3 Å². The van der Waals surface area contributed by atoms with Gasteiger partial charge < -0.3 is 4.74 Å². The molecule has 0 saturated heterocycles. The molecule has 4 heteroatoms. The number of thiazole rings is 1. The van der Waals surface area contributed by atoms with Gasteiger partial charge in [-0.2, -0.15) is 0 Å². The molecule has 0 aliphatic rings. The van der Waals surface area contributed by atoms with E-state index in [0.29, 0.717) is 10.9 Å². The molecule has 0 radical (unpaired) electrons. The predicted molar refractivity (Wildman–Crippen MR) is 48.6 cm³/mol. The van der Waals surface area contributed by atoms with Crippen molar-refractivity contribution < 1.29 is 9.13 Å². The second kappa shape index (κ2) is 3.53. The molecule has 2 nitrogen and oxygen atoms in total. The third-order valence-corrected chi connectivity index (χ3v) is 2.06. The molecule has 13 heavy (non-hydrogen) atoms. The van der Waals surface area contributed by atoms with Gasteiger partial charge in [-0.1, -0.05) is 17.4 Å². The smallest absolute Gasteiger partial charge is 0.278 e. The summed E-state index contributed by atoms with van der Waals surface area (Å²) in [6.45, 7) is 0. The number of ether oxygens (including phenoxy) is 1. The first-order chi connectivity index (χ1) is 6.34. The largest absolute Gasteiger partial charge is 0.431 e. The number of nitrogens with zero attached hydrogens (tertiary/aromatic N) is 1. The molecule has 2 rings (SSSR count). The average molecular weight is 195 g/mol. The van der Waals surface area contributed by atoms with Gasteiger partial charge in [0.1, 0.15) is 11.6 Å². The number of halogens is 1. The molecule has 0 saturated carbocycles. The number of benzene rings is 1. The van der Waals surface area contributed by atoms with Crippen molar-refractivity contribution in [3.8, 4) is 10.9 Å². The lowest BCUT2D eigenvalue weighted by Gasteiger charge is -1.99. The molecule has 1 heterocycles. The predicted octanol–water partition coefficient (Wildman–Crippen LogP) is 3.07. The summed E-state index contributed by atoms with van der Waals surface area (Å²) in [4.78, 5) is 3.92. The van der Waals surface area contributed by atoms with Crippen LogP contribution in [0.25, 0.3) is 0 Å². The van der Waals surface area contributed by atoms with Crippen LogP contribution in [0.4, 0.5) is 4.39 Å². The molecule has 0 unspecified atom stereocenters. The van der Waals surface area contributed by atoms with Crippen molar-refractivity contribution in [2.24, 2.45) is 0 Å². The zero-order chi connectivity index (χ0) is 9.10. The van der Waals surface area contributed by atoms with E-state index in [0.717, 1.165) is 0 Å². The molecule has 0 aliphatic carbocycles. The molecule has 2 aromatic rings. The van der Waals surface area contributed by atoms with E-state index in [1.54, 1.807) is 23.7 Å². The van der Waals surface area contributed by atoms with E-state index in [1.165, 1.54) is 23.5 Å². The van der Waals surface area contributed by atoms with Crippen LogP contribution < -0.4 is 4.74 Å². The Bertz CT molecular complexity index is 388. The van der Waals surface area contributed by atoms with Crippen LogP contribution in [0.1, 0.15) is 0 Å². The molecule has 0 amide bonds. The Morgan fingerprint density at radius 2 is 2.31 bits per heavy atom. The highest BCUT2D eigenvalue weighted by Gasteiger charge is 1.99. The van der Waals surface area contributed by atoms with E-state index in [9.17, 15) is 4.39 Å². The fourth-order valence-corrected chi connectivity index (χ4v) is 1.40. The maximum absolute atomic E-state index is 12.7. The summed E-state index contributed by atoms with van der Waals surface area (Å²) in [6, 6.07) is 5.97. The summed E-state index contributed by atoms with van der Waals surface area (Å²) in [5, 5.41) is 2.32. The molecule has 0 spiro atoms. The lowest BCUT2D eigenvalue weighted by molar-refractivity contribution is 0.473. The quantitative estimate of drug-likeness (QED) is 0.734. The molecule has 66 valence electrons. The van der Waals surface area contributed by atoms with Gasteiger partial charge in [-0.05, 0) is 12.1 Å². The van der Waals surface area contributed by atoms with Crippen LogP contribution in [-0.2, 0) is 0 Å². The van der Waals surface area contributed by atoms with Crippen molar-refractivity contribution in [3.63, 3.8) is 0 Å². The molecule has 0 N–H and O–H groups in total. The lowest BCUT2D eigenvalue weighted by atomic mass is 10.3. The topological polar surface area (TPSA) is 22.1 Å². The van der Waals surface area contributed by atoms with Crippen molar-refractivity contribution in [1.82, 2.24) is 4.98 Å². The molecular formula is C9H6FNOS. The maximum Gasteiger partial charge on any atom is 0.278 e. The molecule has 0 atom stereocenters. The molecule has 0 bridgehead atoms. The average Bonchev–Trinajstić information content (AvgIpc) is 2.57. The van der Waals surface area contributed by atoms with Gasteiger partial charge >= 0.3 is 0 Å². The highest BCUT2D eigenvalue weighted by atomic mass is 32.1. The van der Waals surface area contributed by atoms with E-state index in [4.69, 9.17) is 4.74 Å². The number of hydrogen-bond acceptors (Lipinski definition) is 3. The van der Waals surface area contributed by atoms with Gasteiger partial charge in [0.15, 0.2) is 0 Å². The highest BCUT2D eigenvalue weighted by Crippen LogP contribution is 2.23. The monoisotopic (exact) mass is 195 g/mol. The normalized spacial score (nSPS) is 9.92. The summed E-state index contributed by atoms with van der Waals surface area (Å²) in [5.41, 5.74) is 0. The molecule has 0 aliphatic heterocycles. The van der Waals surface area contributed by atoms with E-state index < -0.39 is 0 Å². The van der Waals surface area contributed by atoms with E-state index in [2.05, 4.69) is 4.98 Å². The van der Waals surface area contributed by atoms with Crippen LogP contribution in [0.15, 0.2) is 35.8 Å². The van der Waals surface area contributed by atoms with Crippen LogP contribution in [-0.4, -0.2) is 4.98 Å². The Kier molecular flexibility index (Phi) is 2.23. The summed E-state index contributed by atoms with van der Waals surface area (Å²) in [7, 11) is 0. The van der Waals surface area contributed by atoms with Crippen LogP contribution in [0.2, 0.25) is 0 Å². The molecule has 1 aromatic carbocycles. The van der Waals surface area contributed by atoms with Crippen LogP contribution in [0, 0.1) is 5.82 Å². The third-order valence-electron chi connectivity index (χ3n) is 1.41. The number of aromatic nitrogens is 1. The number of hydrogen-bond donors (Lipinski definition) is 0. The Morgan fingerprint density at radius 1 is 1.38 bits per heavy atom. The number of rotatable bonds is 2. The fourth-order valence-electron chi connectivity index (χ4n) is 0.892. The molecule has 0 fully saturated rings. The van der Waals surface area contributed by atoms with Gasteiger partial charge in [0.2, 0.25) is 0 Å². The van der Waals surface area contributed by atoms with Crippen molar-refractivity contribution in [1.29, 1.82) is 0 Å². The SMILES string of the molecule is Fc1cccc(Oc2nccs2)c1. The van der Waals surface area contributed by atoms with Crippen LogP contribution in [0.5, 0.6) is 10.9 Å². The Hall–Kier alpha value is -1.42. The summed E-state index contributed by atoms with van der Waals surface area (Å²) >= 11 is 1.37. The lowest BCUT2D eigenvalue weighted by Crippen LogP contribution is -1.83. The third kappa shape index (κ3) is 2.03. The zero-order valence-electron chi connectivity index (χ0n) is 6.61. The van der Waals surface area contributed by atoms with Gasteiger partial charge in [-0.15, -0.1) is 0 Å². The second-order valence-electron chi connectivity index (χ2n) is 2.36. The van der Waals surface area contributed by atoms with Gasteiger partial charge in [-0.25, -0.2) is 9.37 Å². The first kappa shape index (κ1) is 8.19. The van der Waals surface area contributed by atoms with Crippen molar-refractivity contribution in [2.75, 3.05) is 0 Å². The Balaban J connectivity index is 2.19. The van der Waals surface area contributed by atoms with Gasteiger partial charge in [-0.3, -0.25) is 0 Å². The molecule has 1 aromatic heterocycles. The van der Waals surface area contributed by atoms with E-state index >= 15 is 0 Å². The summed E-state index contributed by atoms with van der Waals surface area (Å²) in [6.07, 6.45) is 1.64. The van der Waals surface area contributed by atoms with E-state index in [-0.39, 0.29) is 5.82 Å². The van der Waals surface area contributed by atoms with E-state index in [1.807, 2.05) is 0 Å². The fraction of sp³-hybridized carbons (Fsp3) is 0. The van der Waals surface area contributed by atoms with Crippen molar-refractivity contribution in [3.05, 3.63) is 41.7 Å². The first-order valence-corrected chi connectivity index (χ1v) is 4.55. The zero-order valence-corrected chi connectivity index (χ0v) is 7.42. The minimum atomic E-state index is -0.311. The van der Waals surface area contributed by atoms with Crippen molar-refractivity contribution in [2.45, 2.75) is 0 Å². The first-order valence-electron chi connectivity index (χ1n) is 3.67. The van der Waals surface area contributed by atoms with Gasteiger partial charge in [0.25, 0.3) is 5.19 Å². The summed E-state index contributed by atoms with van der Waals surface area (Å²) in [5.74, 6) is 0.156. The minimum absolute atomic E-state index is 0.311. The van der Waals surface area contributed by atoms with Gasteiger partial charge in [0.05, 0.1) is 0 Å².